The van der Waals surface area contributed by atoms with Crippen molar-refractivity contribution in [1.29, 1.82) is 0 Å². The third-order valence-corrected chi connectivity index (χ3v) is 11.3. The number of hydrogen-bond acceptors (Lipinski definition) is 9. The minimum Gasteiger partial charge on any atom is -0.350 e. The Labute approximate surface area is 259 Å². The number of likely N-dealkylation sites (tertiary alicyclic amines) is 1. The maximum absolute atomic E-state index is 14.1. The van der Waals surface area contributed by atoms with E-state index in [2.05, 4.69) is 44.5 Å². The number of amides is 1. The molecule has 0 aromatic carbocycles. The second-order valence-corrected chi connectivity index (χ2v) is 14.6. The van der Waals surface area contributed by atoms with E-state index >= 15 is 0 Å². The normalized spacial score (nSPS) is 35.0. The highest BCUT2D eigenvalue weighted by Crippen LogP contribution is 2.38. The Hall–Kier alpha value is -0.850. The molecule has 5 aliphatic rings. The first-order chi connectivity index (χ1) is 20.3. The zero-order valence-corrected chi connectivity index (χ0v) is 27.0. The molecule has 6 atom stereocenters. The molecule has 11 heteroatoms. The lowest BCUT2D eigenvalue weighted by atomic mass is 9.71. The molecule has 0 saturated carbocycles. The summed E-state index contributed by atoms with van der Waals surface area (Å²) in [5, 5.41) is 10.5. The van der Waals surface area contributed by atoms with Crippen LogP contribution in [0.15, 0.2) is 4.99 Å². The first-order valence-electron chi connectivity index (χ1n) is 16.9. The summed E-state index contributed by atoms with van der Waals surface area (Å²) in [6.45, 7) is 14.6. The minimum absolute atomic E-state index is 0.0146. The number of unbranched alkanes of at least 4 members (excludes halogenated alkanes) is 2. The largest absolute Gasteiger partial charge is 0.350 e. The van der Waals surface area contributed by atoms with Crippen LogP contribution in [-0.2, 0) is 4.79 Å². The summed E-state index contributed by atoms with van der Waals surface area (Å²) < 4.78 is 0. The molecule has 0 aromatic rings. The molecular weight excluding hydrogens is 550 g/mol. The number of nitrogens with two attached hydrogens (primary N) is 2. The molecule has 240 valence electrons. The standard InChI is InChI=1S/C31H58ClN9O/c1-3-4-5-10-31(2)11-6-22(32)17-37-28(31)27(29(33)34)30(42)38-25-19-35-12-7-26(25)39-13-8-23(9-14-39)40-15-16-41-21-36-18-24(41)20-40/h22-27,29,35-36H,3-21,33-34H2,1-2H3,(H,38,42). The fraction of sp³-hybridized carbons (Fsp3) is 0.935. The van der Waals surface area contributed by atoms with Gasteiger partial charge in [-0.15, -0.1) is 11.6 Å². The van der Waals surface area contributed by atoms with Crippen molar-refractivity contribution in [3.05, 3.63) is 0 Å². The van der Waals surface area contributed by atoms with Crippen LogP contribution in [-0.4, -0.2) is 128 Å². The fourth-order valence-corrected chi connectivity index (χ4v) is 8.54. The second-order valence-electron chi connectivity index (χ2n) is 14.0. The molecule has 0 aromatic heterocycles. The number of alkyl halides is 1. The molecule has 42 heavy (non-hydrogen) atoms. The fourth-order valence-electron chi connectivity index (χ4n) is 8.37. The Kier molecular flexibility index (Phi) is 11.6. The van der Waals surface area contributed by atoms with E-state index in [1.54, 1.807) is 0 Å². The van der Waals surface area contributed by atoms with Crippen LogP contribution in [0, 0.1) is 11.3 Å². The summed E-state index contributed by atoms with van der Waals surface area (Å²) in [6, 6.07) is 1.68. The van der Waals surface area contributed by atoms with Gasteiger partial charge in [-0.1, -0.05) is 33.1 Å². The topological polar surface area (TPSA) is 127 Å². The Morgan fingerprint density at radius 3 is 2.60 bits per heavy atom. The molecule has 4 saturated heterocycles. The number of aliphatic imine (C=N–C) groups is 1. The van der Waals surface area contributed by atoms with Gasteiger partial charge < -0.3 is 27.4 Å². The van der Waals surface area contributed by atoms with Crippen molar-refractivity contribution < 1.29 is 4.79 Å². The zero-order chi connectivity index (χ0) is 29.7. The van der Waals surface area contributed by atoms with Crippen molar-refractivity contribution in [3.8, 4) is 0 Å². The molecule has 7 N–H and O–H groups in total. The van der Waals surface area contributed by atoms with E-state index in [4.69, 9.17) is 28.1 Å². The Morgan fingerprint density at radius 1 is 1.05 bits per heavy atom. The van der Waals surface area contributed by atoms with Crippen LogP contribution in [0.25, 0.3) is 0 Å². The van der Waals surface area contributed by atoms with Gasteiger partial charge in [0.15, 0.2) is 0 Å². The van der Waals surface area contributed by atoms with E-state index in [-0.39, 0.29) is 22.7 Å². The quantitative estimate of drug-likeness (QED) is 0.142. The van der Waals surface area contributed by atoms with Crippen molar-refractivity contribution in [3.63, 3.8) is 0 Å². The predicted octanol–water partition coefficient (Wildman–Crippen LogP) is 1.13. The Balaban J connectivity index is 1.22. The monoisotopic (exact) mass is 607 g/mol. The molecule has 10 nitrogen and oxygen atoms in total. The van der Waals surface area contributed by atoms with Crippen molar-refractivity contribution in [2.75, 3.05) is 65.6 Å². The number of hydrogen-bond donors (Lipinski definition) is 5. The number of piperidine rings is 2. The third kappa shape index (κ3) is 7.68. The van der Waals surface area contributed by atoms with Crippen LogP contribution in [0.1, 0.15) is 71.6 Å². The molecule has 4 fully saturated rings. The number of nitrogens with zero attached hydrogens (tertiary/aromatic N) is 4. The summed E-state index contributed by atoms with van der Waals surface area (Å²) in [7, 11) is 0. The van der Waals surface area contributed by atoms with E-state index in [9.17, 15) is 4.79 Å². The van der Waals surface area contributed by atoms with Crippen LogP contribution >= 0.6 is 11.6 Å². The lowest BCUT2D eigenvalue weighted by molar-refractivity contribution is -0.125. The van der Waals surface area contributed by atoms with Gasteiger partial charge in [-0.05, 0) is 45.1 Å². The molecule has 0 spiro atoms. The summed E-state index contributed by atoms with van der Waals surface area (Å²) >= 11 is 6.59. The summed E-state index contributed by atoms with van der Waals surface area (Å²) in [6.07, 6.45) is 8.84. The lowest BCUT2D eigenvalue weighted by Gasteiger charge is -2.47. The molecule has 5 heterocycles. The number of carbonyl (C=O) groups excluding carboxylic acids is 1. The molecule has 5 rings (SSSR count). The van der Waals surface area contributed by atoms with Crippen molar-refractivity contribution in [2.45, 2.75) is 107 Å². The smallest absolute Gasteiger partial charge is 0.232 e. The van der Waals surface area contributed by atoms with Gasteiger partial charge >= 0.3 is 0 Å². The molecule has 6 unspecified atom stereocenters. The second kappa shape index (κ2) is 15.0. The van der Waals surface area contributed by atoms with E-state index in [1.807, 2.05) is 0 Å². The highest BCUT2D eigenvalue weighted by Gasteiger charge is 2.44. The predicted molar refractivity (Wildman–Crippen MR) is 172 cm³/mol. The average molecular weight is 608 g/mol. The van der Waals surface area contributed by atoms with Gasteiger partial charge in [0.1, 0.15) is 5.92 Å². The van der Waals surface area contributed by atoms with Crippen LogP contribution in [0.2, 0.25) is 0 Å². The maximum Gasteiger partial charge on any atom is 0.232 e. The van der Waals surface area contributed by atoms with Gasteiger partial charge in [-0.2, -0.15) is 0 Å². The molecule has 0 aliphatic carbocycles. The zero-order valence-electron chi connectivity index (χ0n) is 26.2. The van der Waals surface area contributed by atoms with Gasteiger partial charge in [0, 0.05) is 81.7 Å². The highest BCUT2D eigenvalue weighted by molar-refractivity contribution is 6.21. The molecule has 0 radical (unpaired) electrons. The van der Waals surface area contributed by atoms with Gasteiger partial charge in [-0.25, -0.2) is 0 Å². The highest BCUT2D eigenvalue weighted by atomic mass is 35.5. The SMILES string of the molecule is CCCCCC1(C)CCC(Cl)CN=C1C(C(=O)NC1CNCCC1N1CCC(N2CCN3CNCC3C2)CC1)C(N)N. The number of rotatable bonds is 10. The van der Waals surface area contributed by atoms with Crippen LogP contribution < -0.4 is 27.4 Å². The van der Waals surface area contributed by atoms with Gasteiger partial charge in [0.25, 0.3) is 0 Å². The molecule has 5 aliphatic heterocycles. The summed E-state index contributed by atoms with van der Waals surface area (Å²) in [5.41, 5.74) is 13.4. The average Bonchev–Trinajstić information content (AvgIpc) is 3.41. The van der Waals surface area contributed by atoms with Crippen molar-refractivity contribution in [1.82, 2.24) is 30.7 Å². The van der Waals surface area contributed by atoms with Crippen LogP contribution in [0.4, 0.5) is 0 Å². The molecular formula is C31H58ClN9O. The van der Waals surface area contributed by atoms with Crippen LogP contribution in [0.3, 0.4) is 0 Å². The molecule has 0 bridgehead atoms. The van der Waals surface area contributed by atoms with E-state index in [0.717, 1.165) is 83.6 Å². The Bertz CT molecular complexity index is 913. The number of piperazine rings is 1. The first kappa shape index (κ1) is 32.5. The van der Waals surface area contributed by atoms with Gasteiger partial charge in [0.05, 0.1) is 24.1 Å². The third-order valence-electron chi connectivity index (χ3n) is 11.0. The lowest BCUT2D eigenvalue weighted by Crippen LogP contribution is -2.64. The number of halogens is 1. The van der Waals surface area contributed by atoms with Gasteiger partial charge in [-0.3, -0.25) is 24.5 Å². The number of fused-ring (bicyclic) bond motifs is 1. The first-order valence-corrected chi connectivity index (χ1v) is 17.4. The summed E-state index contributed by atoms with van der Waals surface area (Å²) in [5.74, 6) is -0.717. The van der Waals surface area contributed by atoms with E-state index in [0.29, 0.717) is 24.7 Å². The van der Waals surface area contributed by atoms with E-state index < -0.39 is 12.1 Å². The number of nitrogens with one attached hydrogen (secondary N) is 3. The minimum atomic E-state index is -0.803. The van der Waals surface area contributed by atoms with E-state index in [1.165, 1.54) is 38.9 Å². The van der Waals surface area contributed by atoms with Crippen molar-refractivity contribution in [2.24, 2.45) is 27.8 Å². The maximum atomic E-state index is 14.1. The van der Waals surface area contributed by atoms with Crippen molar-refractivity contribution >= 4 is 23.2 Å². The summed E-state index contributed by atoms with van der Waals surface area (Å²) in [4.78, 5) is 27.1. The Morgan fingerprint density at radius 2 is 1.83 bits per heavy atom. The van der Waals surface area contributed by atoms with Crippen LogP contribution in [0.5, 0.6) is 0 Å². The molecule has 1 amide bonds. The van der Waals surface area contributed by atoms with Gasteiger partial charge in [0.2, 0.25) is 5.91 Å². The number of carbonyl (C=O) groups is 1.